The van der Waals surface area contributed by atoms with E-state index in [2.05, 4.69) is 10.1 Å². The van der Waals surface area contributed by atoms with Gasteiger partial charge in [0.05, 0.1) is 11.9 Å². The Morgan fingerprint density at radius 2 is 1.90 bits per heavy atom. The van der Waals surface area contributed by atoms with Crippen molar-refractivity contribution in [1.82, 2.24) is 9.78 Å². The van der Waals surface area contributed by atoms with Crippen molar-refractivity contribution in [2.24, 2.45) is 21.5 Å². The van der Waals surface area contributed by atoms with Crippen LogP contribution in [-0.2, 0) is 4.74 Å². The first-order chi connectivity index (χ1) is 13.7. The summed E-state index contributed by atoms with van der Waals surface area (Å²) in [6.45, 7) is 5.46. The summed E-state index contributed by atoms with van der Waals surface area (Å²) in [5.41, 5.74) is 12.4. The number of hydrogen-bond donors (Lipinski definition) is 2. The summed E-state index contributed by atoms with van der Waals surface area (Å²) in [5.74, 6) is 0.456. The van der Waals surface area contributed by atoms with Crippen molar-refractivity contribution in [3.63, 3.8) is 0 Å². The maximum atomic E-state index is 12.8. The summed E-state index contributed by atoms with van der Waals surface area (Å²) in [4.78, 5) is 23.7. The number of ether oxygens (including phenoxy) is 1. The molecule has 1 saturated carbocycles. The summed E-state index contributed by atoms with van der Waals surface area (Å²) in [5, 5.41) is 5.08. The molecule has 0 saturated heterocycles. The van der Waals surface area contributed by atoms with Crippen molar-refractivity contribution in [2.45, 2.75) is 64.1 Å². The smallest absolute Gasteiger partial charge is 0.435 e. The Hall–Kier alpha value is -3.10. The van der Waals surface area contributed by atoms with E-state index in [-0.39, 0.29) is 11.9 Å². The van der Waals surface area contributed by atoms with Crippen LogP contribution in [0.1, 0.15) is 52.9 Å². The number of para-hydroxylation sites is 1. The van der Waals surface area contributed by atoms with Gasteiger partial charge in [-0.1, -0.05) is 18.6 Å². The van der Waals surface area contributed by atoms with Gasteiger partial charge in [-0.25, -0.2) is 9.79 Å². The summed E-state index contributed by atoms with van der Waals surface area (Å²) in [6.07, 6.45) is 5.88. The number of nitrogens with two attached hydrogens (primary N) is 2. The lowest BCUT2D eigenvalue weighted by atomic mass is 9.87. The number of aliphatic imine (C=N–C) groups is 2. The maximum Gasteiger partial charge on any atom is 0.435 e. The number of nitrogens with zero attached hydrogens (tertiary/aromatic N) is 5. The van der Waals surface area contributed by atoms with Crippen LogP contribution in [0.25, 0.3) is 10.9 Å². The van der Waals surface area contributed by atoms with Crippen LogP contribution in [0, 0.1) is 0 Å². The van der Waals surface area contributed by atoms with Crippen molar-refractivity contribution in [3.05, 3.63) is 24.4 Å². The zero-order chi connectivity index (χ0) is 20.8. The van der Waals surface area contributed by atoms with Crippen molar-refractivity contribution in [1.29, 1.82) is 0 Å². The molecule has 9 heteroatoms. The SMILES string of the molecule is CC(C)(C)OC(=O)n1ncc2cccc(N3C(N)=NC(N)=NC34CCCCC4)c21. The molecule has 1 aromatic carbocycles. The number of fused-ring (bicyclic) bond motifs is 1. The largest absolute Gasteiger partial charge is 0.442 e. The number of anilines is 1. The molecular formula is C20H27N7O2. The third kappa shape index (κ3) is 3.41. The van der Waals surface area contributed by atoms with Crippen LogP contribution in [0.5, 0.6) is 0 Å². The van der Waals surface area contributed by atoms with Gasteiger partial charge in [-0.05, 0) is 52.5 Å². The van der Waals surface area contributed by atoms with Crippen LogP contribution in [0.3, 0.4) is 0 Å². The van der Waals surface area contributed by atoms with E-state index in [0.717, 1.165) is 37.5 Å². The predicted molar refractivity (Wildman–Crippen MR) is 113 cm³/mol. The fourth-order valence-electron chi connectivity index (χ4n) is 4.16. The van der Waals surface area contributed by atoms with Crippen LogP contribution in [-0.4, -0.2) is 39.1 Å². The first-order valence-electron chi connectivity index (χ1n) is 9.90. The Balaban J connectivity index is 1.88. The highest BCUT2D eigenvalue weighted by Gasteiger charge is 2.43. The molecule has 1 aliphatic heterocycles. The Bertz CT molecular complexity index is 1010. The molecule has 0 amide bonds. The molecule has 2 aromatic rings. The van der Waals surface area contributed by atoms with E-state index in [0.29, 0.717) is 11.2 Å². The van der Waals surface area contributed by atoms with Gasteiger partial charge in [0, 0.05) is 5.39 Å². The lowest BCUT2D eigenvalue weighted by molar-refractivity contribution is 0.0522. The minimum atomic E-state index is -0.640. The van der Waals surface area contributed by atoms with E-state index in [1.54, 1.807) is 6.20 Å². The number of carbonyl (C=O) groups excluding carboxylic acids is 1. The minimum Gasteiger partial charge on any atom is -0.442 e. The highest BCUT2D eigenvalue weighted by molar-refractivity contribution is 6.10. The number of hydrogen-bond acceptors (Lipinski definition) is 8. The molecule has 1 spiro atoms. The molecule has 154 valence electrons. The predicted octanol–water partition coefficient (Wildman–Crippen LogP) is 2.93. The van der Waals surface area contributed by atoms with Gasteiger partial charge < -0.3 is 16.2 Å². The van der Waals surface area contributed by atoms with Gasteiger partial charge in [0.15, 0.2) is 0 Å². The molecule has 1 aromatic heterocycles. The zero-order valence-corrected chi connectivity index (χ0v) is 17.1. The molecule has 0 unspecified atom stereocenters. The molecule has 4 N–H and O–H groups in total. The molecule has 2 heterocycles. The second-order valence-electron chi connectivity index (χ2n) is 8.57. The van der Waals surface area contributed by atoms with E-state index in [9.17, 15) is 4.79 Å². The molecule has 2 aliphatic rings. The average Bonchev–Trinajstić information content (AvgIpc) is 3.05. The highest BCUT2D eigenvalue weighted by Crippen LogP contribution is 2.41. The Labute approximate surface area is 169 Å². The summed E-state index contributed by atoms with van der Waals surface area (Å²) >= 11 is 0. The van der Waals surface area contributed by atoms with E-state index in [1.807, 2.05) is 43.9 Å². The first kappa shape index (κ1) is 19.2. The Kier molecular flexibility index (Phi) is 4.48. The van der Waals surface area contributed by atoms with Crippen molar-refractivity contribution >= 4 is 34.6 Å². The van der Waals surface area contributed by atoms with Crippen molar-refractivity contribution in [2.75, 3.05) is 4.90 Å². The topological polar surface area (TPSA) is 124 Å². The third-order valence-electron chi connectivity index (χ3n) is 5.23. The lowest BCUT2D eigenvalue weighted by Gasteiger charge is -2.45. The molecule has 0 atom stereocenters. The van der Waals surface area contributed by atoms with Gasteiger partial charge in [-0.2, -0.15) is 14.8 Å². The number of benzene rings is 1. The average molecular weight is 397 g/mol. The van der Waals surface area contributed by atoms with Gasteiger partial charge in [0.25, 0.3) is 0 Å². The first-order valence-corrected chi connectivity index (χ1v) is 9.90. The van der Waals surface area contributed by atoms with Gasteiger partial charge in [0.2, 0.25) is 11.9 Å². The van der Waals surface area contributed by atoms with Gasteiger partial charge >= 0.3 is 6.09 Å². The van der Waals surface area contributed by atoms with E-state index < -0.39 is 17.4 Å². The highest BCUT2D eigenvalue weighted by atomic mass is 16.6. The zero-order valence-electron chi connectivity index (χ0n) is 17.1. The number of aromatic nitrogens is 2. The minimum absolute atomic E-state index is 0.188. The molecular weight excluding hydrogens is 370 g/mol. The maximum absolute atomic E-state index is 12.8. The standard InChI is InChI=1S/C20H27N7O2/c1-19(2,3)29-18(28)27-15-13(12-23-27)8-7-9-14(15)26-17(22)24-16(21)25-20(26)10-5-4-6-11-20/h7-9,12H,4-6,10-11H2,1-3H3,(H4,21,22,24,25). The summed E-state index contributed by atoms with van der Waals surface area (Å²) in [7, 11) is 0. The summed E-state index contributed by atoms with van der Waals surface area (Å²) in [6, 6.07) is 5.71. The second kappa shape index (κ2) is 6.75. The van der Waals surface area contributed by atoms with Crippen LogP contribution in [0.4, 0.5) is 10.5 Å². The van der Waals surface area contributed by atoms with Crippen LogP contribution in [0.15, 0.2) is 34.4 Å². The monoisotopic (exact) mass is 397 g/mol. The molecule has 4 rings (SSSR count). The number of rotatable bonds is 1. The molecule has 1 fully saturated rings. The normalized spacial score (nSPS) is 19.2. The lowest BCUT2D eigenvalue weighted by Crippen LogP contribution is -2.58. The summed E-state index contributed by atoms with van der Waals surface area (Å²) < 4.78 is 6.83. The fraction of sp³-hybridized carbons (Fsp3) is 0.500. The van der Waals surface area contributed by atoms with Gasteiger partial charge in [-0.3, -0.25) is 4.90 Å². The van der Waals surface area contributed by atoms with Crippen molar-refractivity contribution < 1.29 is 9.53 Å². The number of guanidine groups is 2. The fourth-order valence-corrected chi connectivity index (χ4v) is 4.16. The Morgan fingerprint density at radius 1 is 1.17 bits per heavy atom. The van der Waals surface area contributed by atoms with Crippen LogP contribution >= 0.6 is 0 Å². The molecule has 9 nitrogen and oxygen atoms in total. The van der Waals surface area contributed by atoms with Gasteiger partial charge in [0.1, 0.15) is 16.8 Å². The third-order valence-corrected chi connectivity index (χ3v) is 5.23. The molecule has 0 bridgehead atoms. The van der Waals surface area contributed by atoms with E-state index in [1.165, 1.54) is 4.68 Å². The molecule has 0 radical (unpaired) electrons. The Morgan fingerprint density at radius 3 is 2.59 bits per heavy atom. The van der Waals surface area contributed by atoms with Crippen LogP contribution < -0.4 is 16.4 Å². The second-order valence-corrected chi connectivity index (χ2v) is 8.57. The van der Waals surface area contributed by atoms with Crippen molar-refractivity contribution in [3.8, 4) is 0 Å². The quantitative estimate of drug-likeness (QED) is 0.762. The van der Waals surface area contributed by atoms with Crippen LogP contribution in [0.2, 0.25) is 0 Å². The number of carbonyl (C=O) groups is 1. The van der Waals surface area contributed by atoms with Gasteiger partial charge in [-0.15, -0.1) is 0 Å². The van der Waals surface area contributed by atoms with E-state index >= 15 is 0 Å². The molecule has 29 heavy (non-hydrogen) atoms. The molecule has 1 aliphatic carbocycles. The van der Waals surface area contributed by atoms with E-state index in [4.69, 9.17) is 21.2 Å².